The Morgan fingerprint density at radius 2 is 2.22 bits per heavy atom. The Kier molecular flexibility index (Phi) is 4.27. The minimum Gasteiger partial charge on any atom is -0.313 e. The first-order valence-corrected chi connectivity index (χ1v) is 3.19. The van der Waals surface area contributed by atoms with Gasteiger partial charge in [0, 0.05) is 13.1 Å². The van der Waals surface area contributed by atoms with Crippen LogP contribution in [0.5, 0.6) is 0 Å². The lowest BCUT2D eigenvalue weighted by molar-refractivity contribution is 0.255. The standard InChI is InChI=1S/C3H8N3OP.ClH/c4-6(8-7)3-1-5-2-3;/h3,5H,1-2,4H2;1H. The molecule has 0 aromatic rings. The first-order chi connectivity index (χ1) is 3.84. The largest absolute Gasteiger partial charge is 0.313 e. The van der Waals surface area contributed by atoms with Gasteiger partial charge in [-0.1, -0.05) is 0 Å². The molecule has 4 nitrogen and oxygen atoms in total. The average Bonchev–Trinajstić information content (AvgIpc) is 1.62. The molecule has 0 aromatic heterocycles. The quantitative estimate of drug-likeness (QED) is 0.340. The van der Waals surface area contributed by atoms with Crippen molar-refractivity contribution in [2.75, 3.05) is 13.1 Å². The molecule has 1 saturated heterocycles. The van der Waals surface area contributed by atoms with Crippen molar-refractivity contribution in [3.8, 4) is 0 Å². The van der Waals surface area contributed by atoms with E-state index in [1.165, 1.54) is 4.78 Å². The molecular formula is C3H9ClN3OP. The number of hydrogen-bond acceptors (Lipinski definition) is 3. The summed E-state index contributed by atoms with van der Waals surface area (Å²) in [6.07, 6.45) is 0. The lowest BCUT2D eigenvalue weighted by atomic mass is 10.2. The van der Waals surface area contributed by atoms with Gasteiger partial charge in [-0.3, -0.25) is 10.4 Å². The van der Waals surface area contributed by atoms with Crippen molar-refractivity contribution in [2.24, 2.45) is 5.84 Å². The minimum atomic E-state index is -0.0896. The number of nitrogens with one attached hydrogen (secondary N) is 1. The van der Waals surface area contributed by atoms with Crippen LogP contribution < -0.4 is 11.2 Å². The molecule has 1 aliphatic heterocycles. The highest BCUT2D eigenvalue weighted by Gasteiger charge is 2.21. The highest BCUT2D eigenvalue weighted by atomic mass is 35.5. The SMILES string of the molecule is Cl.NN(P=O)C1CNC1. The van der Waals surface area contributed by atoms with Crippen molar-refractivity contribution in [1.29, 1.82) is 0 Å². The Morgan fingerprint density at radius 3 is 2.33 bits per heavy atom. The molecule has 1 fully saturated rings. The van der Waals surface area contributed by atoms with Crippen LogP contribution in [0.2, 0.25) is 0 Å². The van der Waals surface area contributed by atoms with Crippen molar-refractivity contribution < 1.29 is 4.57 Å². The zero-order valence-corrected chi connectivity index (χ0v) is 6.49. The third-order valence-electron chi connectivity index (χ3n) is 1.23. The fourth-order valence-corrected chi connectivity index (χ4v) is 0.824. The Balaban J connectivity index is 0.000000640. The third kappa shape index (κ3) is 2.16. The molecule has 0 atom stereocenters. The molecule has 1 rings (SSSR count). The molecule has 0 saturated carbocycles. The number of nitrogens with two attached hydrogens (primary N) is 1. The average molecular weight is 170 g/mol. The molecule has 0 unspecified atom stereocenters. The van der Waals surface area contributed by atoms with Gasteiger partial charge in [0.1, 0.15) is 0 Å². The molecule has 0 aromatic carbocycles. The summed E-state index contributed by atoms with van der Waals surface area (Å²) in [5.74, 6) is 5.25. The van der Waals surface area contributed by atoms with Crippen molar-refractivity contribution in [2.45, 2.75) is 6.04 Å². The van der Waals surface area contributed by atoms with Gasteiger partial charge in [0.25, 0.3) is 8.61 Å². The summed E-state index contributed by atoms with van der Waals surface area (Å²) in [6, 6.07) is 0.272. The summed E-state index contributed by atoms with van der Waals surface area (Å²) in [7, 11) is -0.0896. The molecular weight excluding hydrogens is 160 g/mol. The topological polar surface area (TPSA) is 58.4 Å². The Hall–Kier alpha value is 0.270. The second-order valence-electron chi connectivity index (χ2n) is 1.77. The maximum Gasteiger partial charge on any atom is 0.264 e. The fraction of sp³-hybridized carbons (Fsp3) is 1.00. The van der Waals surface area contributed by atoms with Crippen LogP contribution in [-0.2, 0) is 4.57 Å². The molecule has 0 aliphatic carbocycles. The van der Waals surface area contributed by atoms with E-state index in [0.29, 0.717) is 0 Å². The van der Waals surface area contributed by atoms with E-state index in [4.69, 9.17) is 5.84 Å². The van der Waals surface area contributed by atoms with Crippen LogP contribution >= 0.6 is 21.0 Å². The van der Waals surface area contributed by atoms with Gasteiger partial charge in [-0.15, -0.1) is 12.4 Å². The summed E-state index contributed by atoms with van der Waals surface area (Å²) < 4.78 is 11.3. The molecule has 0 radical (unpaired) electrons. The van der Waals surface area contributed by atoms with E-state index < -0.39 is 0 Å². The molecule has 0 bridgehead atoms. The Bertz CT molecular complexity index is 99.1. The molecule has 54 valence electrons. The molecule has 9 heavy (non-hydrogen) atoms. The summed E-state index contributed by atoms with van der Waals surface area (Å²) in [5.41, 5.74) is 0. The predicted molar refractivity (Wildman–Crippen MR) is 37.5 cm³/mol. The van der Waals surface area contributed by atoms with Crippen LogP contribution in [0.25, 0.3) is 0 Å². The van der Waals surface area contributed by atoms with Crippen LogP contribution in [0.3, 0.4) is 0 Å². The highest BCUT2D eigenvalue weighted by Crippen LogP contribution is 2.07. The van der Waals surface area contributed by atoms with Gasteiger partial charge in [-0.25, -0.2) is 0 Å². The van der Waals surface area contributed by atoms with Gasteiger partial charge < -0.3 is 5.32 Å². The summed E-state index contributed by atoms with van der Waals surface area (Å²) in [4.78, 5) is 0. The molecule has 1 aliphatic rings. The Morgan fingerprint density at radius 1 is 1.67 bits per heavy atom. The maximum atomic E-state index is 10.0. The van der Waals surface area contributed by atoms with Crippen molar-refractivity contribution in [3.05, 3.63) is 0 Å². The summed E-state index contributed by atoms with van der Waals surface area (Å²) in [5, 5.41) is 3.01. The van der Waals surface area contributed by atoms with Crippen molar-refractivity contribution in [1.82, 2.24) is 10.1 Å². The number of hydrogen-bond donors (Lipinski definition) is 2. The number of rotatable bonds is 2. The molecule has 0 amide bonds. The van der Waals surface area contributed by atoms with Crippen LogP contribution in [0.1, 0.15) is 0 Å². The van der Waals surface area contributed by atoms with E-state index in [2.05, 4.69) is 5.32 Å². The van der Waals surface area contributed by atoms with Crippen LogP contribution in [0, 0.1) is 0 Å². The zero-order chi connectivity index (χ0) is 5.98. The lowest BCUT2D eigenvalue weighted by Gasteiger charge is -2.30. The molecule has 6 heteroatoms. The van der Waals surface area contributed by atoms with Gasteiger partial charge in [0.2, 0.25) is 0 Å². The number of halogens is 1. The number of hydrazine groups is 1. The second-order valence-corrected chi connectivity index (χ2v) is 2.40. The van der Waals surface area contributed by atoms with E-state index >= 15 is 0 Å². The third-order valence-corrected chi connectivity index (χ3v) is 1.74. The van der Waals surface area contributed by atoms with Gasteiger partial charge in [0.15, 0.2) is 0 Å². The predicted octanol–water partition coefficient (Wildman–Crippen LogP) is -0.238. The van der Waals surface area contributed by atoms with Gasteiger partial charge in [-0.05, 0) is 0 Å². The monoisotopic (exact) mass is 169 g/mol. The van der Waals surface area contributed by atoms with Crippen LogP contribution in [0.15, 0.2) is 0 Å². The lowest BCUT2D eigenvalue weighted by Crippen LogP contribution is -2.56. The molecule has 1 heterocycles. The highest BCUT2D eigenvalue weighted by molar-refractivity contribution is 7.20. The van der Waals surface area contributed by atoms with Gasteiger partial charge in [-0.2, -0.15) is 4.78 Å². The Labute approximate surface area is 61.4 Å². The van der Waals surface area contributed by atoms with E-state index in [-0.39, 0.29) is 27.1 Å². The summed E-state index contributed by atoms with van der Waals surface area (Å²) in [6.45, 7) is 1.71. The van der Waals surface area contributed by atoms with Crippen LogP contribution in [-0.4, -0.2) is 23.9 Å². The van der Waals surface area contributed by atoms with E-state index in [1.54, 1.807) is 0 Å². The van der Waals surface area contributed by atoms with Crippen molar-refractivity contribution in [3.63, 3.8) is 0 Å². The van der Waals surface area contributed by atoms with Gasteiger partial charge >= 0.3 is 0 Å². The van der Waals surface area contributed by atoms with Crippen LogP contribution in [0.4, 0.5) is 0 Å². The van der Waals surface area contributed by atoms with E-state index in [0.717, 1.165) is 13.1 Å². The smallest absolute Gasteiger partial charge is 0.264 e. The normalized spacial score (nSPS) is 19.3. The molecule has 3 N–H and O–H groups in total. The first-order valence-electron chi connectivity index (χ1n) is 2.42. The first kappa shape index (κ1) is 9.27. The van der Waals surface area contributed by atoms with Gasteiger partial charge in [0.05, 0.1) is 6.04 Å². The van der Waals surface area contributed by atoms with E-state index in [9.17, 15) is 4.57 Å². The fourth-order valence-electron chi connectivity index (χ4n) is 0.527. The minimum absolute atomic E-state index is 0. The number of nitrogens with zero attached hydrogens (tertiary/aromatic N) is 1. The van der Waals surface area contributed by atoms with Crippen molar-refractivity contribution >= 4 is 21.0 Å². The maximum absolute atomic E-state index is 10.0. The molecule has 0 spiro atoms. The van der Waals surface area contributed by atoms with E-state index in [1.807, 2.05) is 0 Å². The zero-order valence-electron chi connectivity index (χ0n) is 4.78. The second kappa shape index (κ2) is 4.14. The summed E-state index contributed by atoms with van der Waals surface area (Å²) >= 11 is 0.